The zero-order valence-corrected chi connectivity index (χ0v) is 12.2. The molecule has 4 rings (SSSR count). The van der Waals surface area contributed by atoms with Crippen LogP contribution in [0.15, 0.2) is 67.0 Å². The number of hydrogen-bond donors (Lipinski definition) is 2. The molecule has 3 N–H and O–H groups in total. The lowest BCUT2D eigenvalue weighted by Gasteiger charge is -2.06. The summed E-state index contributed by atoms with van der Waals surface area (Å²) in [5, 5.41) is 0.962. The molecule has 2 heterocycles. The number of carbonyl (C=O) groups excluding carboxylic acids is 1. The van der Waals surface area contributed by atoms with Gasteiger partial charge in [0.1, 0.15) is 5.69 Å². The van der Waals surface area contributed by atoms with Crippen molar-refractivity contribution < 1.29 is 4.79 Å². The number of nitrogens with zero attached hydrogens (tertiary/aromatic N) is 2. The molecule has 0 saturated carbocycles. The predicted molar refractivity (Wildman–Crippen MR) is 89.4 cm³/mol. The molecule has 0 unspecified atom stereocenters. The van der Waals surface area contributed by atoms with Gasteiger partial charge in [0.25, 0.3) is 5.91 Å². The number of hydrogen-bond acceptors (Lipinski definition) is 2. The Morgan fingerprint density at radius 3 is 2.48 bits per heavy atom. The molecule has 5 heteroatoms. The van der Waals surface area contributed by atoms with E-state index in [0.29, 0.717) is 11.6 Å². The first-order valence-corrected chi connectivity index (χ1v) is 7.26. The maximum absolute atomic E-state index is 12.2. The Kier molecular flexibility index (Phi) is 2.98. The Morgan fingerprint density at radius 1 is 1.04 bits per heavy atom. The first kappa shape index (κ1) is 13.3. The number of H-pyrrole nitrogens is 1. The van der Waals surface area contributed by atoms with Gasteiger partial charge >= 0.3 is 0 Å². The lowest BCUT2D eigenvalue weighted by molar-refractivity contribution is 0.0994. The van der Waals surface area contributed by atoms with Gasteiger partial charge in [-0.3, -0.25) is 9.36 Å². The number of amides is 1. The van der Waals surface area contributed by atoms with E-state index in [-0.39, 0.29) is 0 Å². The van der Waals surface area contributed by atoms with E-state index in [9.17, 15) is 4.79 Å². The van der Waals surface area contributed by atoms with Crippen molar-refractivity contribution >= 4 is 16.8 Å². The van der Waals surface area contributed by atoms with Crippen molar-refractivity contribution in [3.8, 4) is 17.1 Å². The average Bonchev–Trinajstić information content (AvgIpc) is 3.20. The fourth-order valence-electron chi connectivity index (χ4n) is 2.97. The minimum absolute atomic E-state index is 0.423. The summed E-state index contributed by atoms with van der Waals surface area (Å²) in [7, 11) is 0. The molecule has 0 bridgehead atoms. The van der Waals surface area contributed by atoms with E-state index >= 15 is 0 Å². The second-order valence-corrected chi connectivity index (χ2v) is 5.22. The molecule has 0 aliphatic heterocycles. The van der Waals surface area contributed by atoms with Crippen LogP contribution in [0.3, 0.4) is 0 Å². The number of aromatic amines is 1. The van der Waals surface area contributed by atoms with Gasteiger partial charge < -0.3 is 10.7 Å². The summed E-state index contributed by atoms with van der Waals surface area (Å²) in [6, 6.07) is 17.6. The standard InChI is InChI=1S/C18H14N4O/c19-17(23)16-15(12-6-2-1-3-7-12)13-8-4-5-9-14(13)22(16)18-20-10-11-21-18/h1-11H,(H2,19,23)(H,20,21). The molecule has 2 aromatic carbocycles. The third-order valence-electron chi connectivity index (χ3n) is 3.87. The van der Waals surface area contributed by atoms with Gasteiger partial charge in [-0.05, 0) is 11.6 Å². The Balaban J connectivity index is 2.18. The predicted octanol–water partition coefficient (Wildman–Crippen LogP) is 3.12. The number of rotatable bonds is 3. The Morgan fingerprint density at radius 2 is 1.78 bits per heavy atom. The van der Waals surface area contributed by atoms with Crippen LogP contribution in [0, 0.1) is 0 Å². The Hall–Kier alpha value is -3.34. The van der Waals surface area contributed by atoms with E-state index in [1.54, 1.807) is 17.0 Å². The van der Waals surface area contributed by atoms with Gasteiger partial charge in [-0.2, -0.15) is 0 Å². The van der Waals surface area contributed by atoms with Gasteiger partial charge in [-0.15, -0.1) is 0 Å². The van der Waals surface area contributed by atoms with Crippen molar-refractivity contribution in [1.29, 1.82) is 0 Å². The molecule has 2 aromatic heterocycles. The average molecular weight is 302 g/mol. The van der Waals surface area contributed by atoms with Gasteiger partial charge in [0.05, 0.1) is 5.52 Å². The van der Waals surface area contributed by atoms with Crippen LogP contribution in [0.5, 0.6) is 0 Å². The smallest absolute Gasteiger partial charge is 0.266 e. The topological polar surface area (TPSA) is 76.7 Å². The number of primary amides is 1. The zero-order valence-electron chi connectivity index (χ0n) is 12.2. The van der Waals surface area contributed by atoms with Crippen molar-refractivity contribution in [3.63, 3.8) is 0 Å². The van der Waals surface area contributed by atoms with Crippen LogP contribution in [0.2, 0.25) is 0 Å². The fraction of sp³-hybridized carbons (Fsp3) is 0. The molecule has 0 aliphatic carbocycles. The third-order valence-corrected chi connectivity index (χ3v) is 3.87. The van der Waals surface area contributed by atoms with Crippen molar-refractivity contribution in [2.24, 2.45) is 5.73 Å². The number of fused-ring (bicyclic) bond motifs is 1. The molecule has 112 valence electrons. The fourth-order valence-corrected chi connectivity index (χ4v) is 2.97. The summed E-state index contributed by atoms with van der Waals surface area (Å²) in [4.78, 5) is 19.6. The summed E-state index contributed by atoms with van der Waals surface area (Å²) in [5.74, 6) is 0.0774. The van der Waals surface area contributed by atoms with Crippen LogP contribution in [0.1, 0.15) is 10.5 Å². The number of carbonyl (C=O) groups is 1. The van der Waals surface area contributed by atoms with E-state index < -0.39 is 5.91 Å². The van der Waals surface area contributed by atoms with E-state index in [1.807, 2.05) is 54.6 Å². The molecule has 0 fully saturated rings. The van der Waals surface area contributed by atoms with E-state index in [4.69, 9.17) is 5.73 Å². The lowest BCUT2D eigenvalue weighted by atomic mass is 10.0. The minimum Gasteiger partial charge on any atom is -0.364 e. The molecule has 23 heavy (non-hydrogen) atoms. The molecule has 0 aliphatic rings. The first-order valence-electron chi connectivity index (χ1n) is 7.26. The number of para-hydroxylation sites is 1. The van der Waals surface area contributed by atoms with Gasteiger partial charge in [0.15, 0.2) is 0 Å². The molecule has 0 radical (unpaired) electrons. The normalized spacial score (nSPS) is 11.0. The molecular weight excluding hydrogens is 288 g/mol. The monoisotopic (exact) mass is 302 g/mol. The summed E-state index contributed by atoms with van der Waals surface area (Å²) in [6.45, 7) is 0. The van der Waals surface area contributed by atoms with Crippen LogP contribution in [0.25, 0.3) is 28.0 Å². The van der Waals surface area contributed by atoms with E-state index in [0.717, 1.165) is 22.0 Å². The summed E-state index contributed by atoms with van der Waals surface area (Å²) in [5.41, 5.74) is 8.80. The highest BCUT2D eigenvalue weighted by molar-refractivity contribution is 6.10. The molecule has 1 amide bonds. The summed E-state index contributed by atoms with van der Waals surface area (Å²) >= 11 is 0. The SMILES string of the molecule is NC(=O)c1c(-c2ccccc2)c2ccccc2n1-c1ncc[nH]1. The maximum atomic E-state index is 12.2. The zero-order chi connectivity index (χ0) is 15.8. The van der Waals surface area contributed by atoms with Crippen molar-refractivity contribution in [2.45, 2.75) is 0 Å². The number of aromatic nitrogens is 3. The van der Waals surface area contributed by atoms with Crippen molar-refractivity contribution in [2.75, 3.05) is 0 Å². The molecule has 4 aromatic rings. The first-order chi connectivity index (χ1) is 11.3. The number of benzene rings is 2. The van der Waals surface area contributed by atoms with E-state index in [2.05, 4.69) is 9.97 Å². The molecule has 0 spiro atoms. The van der Waals surface area contributed by atoms with Gasteiger partial charge in [0, 0.05) is 23.3 Å². The molecule has 0 atom stereocenters. The maximum Gasteiger partial charge on any atom is 0.266 e. The van der Waals surface area contributed by atoms with Crippen LogP contribution >= 0.6 is 0 Å². The number of nitrogens with one attached hydrogen (secondary N) is 1. The van der Waals surface area contributed by atoms with Gasteiger partial charge in [-0.1, -0.05) is 48.5 Å². The summed E-state index contributed by atoms with van der Waals surface area (Å²) in [6.07, 6.45) is 3.37. The second kappa shape index (κ2) is 5.14. The lowest BCUT2D eigenvalue weighted by Crippen LogP contribution is -2.17. The third kappa shape index (κ3) is 2.02. The largest absolute Gasteiger partial charge is 0.364 e. The molecule has 0 saturated heterocycles. The second-order valence-electron chi connectivity index (χ2n) is 5.22. The quantitative estimate of drug-likeness (QED) is 0.610. The number of imidazole rings is 1. The van der Waals surface area contributed by atoms with Crippen LogP contribution in [0.4, 0.5) is 0 Å². The highest BCUT2D eigenvalue weighted by Crippen LogP contribution is 2.35. The van der Waals surface area contributed by atoms with Crippen LogP contribution in [-0.4, -0.2) is 20.4 Å². The number of nitrogens with two attached hydrogens (primary N) is 1. The molecular formula is C18H14N4O. The van der Waals surface area contributed by atoms with Crippen molar-refractivity contribution in [1.82, 2.24) is 14.5 Å². The highest BCUT2D eigenvalue weighted by atomic mass is 16.1. The van der Waals surface area contributed by atoms with Gasteiger partial charge in [0.2, 0.25) is 5.95 Å². The van der Waals surface area contributed by atoms with Crippen molar-refractivity contribution in [3.05, 3.63) is 72.7 Å². The highest BCUT2D eigenvalue weighted by Gasteiger charge is 2.23. The van der Waals surface area contributed by atoms with Crippen LogP contribution < -0.4 is 5.73 Å². The summed E-state index contributed by atoms with van der Waals surface area (Å²) < 4.78 is 1.78. The minimum atomic E-state index is -0.489. The Labute approximate surface area is 132 Å². The van der Waals surface area contributed by atoms with Gasteiger partial charge in [-0.25, -0.2) is 4.98 Å². The Bertz CT molecular complexity index is 985. The van der Waals surface area contributed by atoms with E-state index in [1.165, 1.54) is 0 Å². The van der Waals surface area contributed by atoms with Crippen LogP contribution in [-0.2, 0) is 0 Å². The molecule has 5 nitrogen and oxygen atoms in total.